The molecule has 1 atom stereocenters. The highest BCUT2D eigenvalue weighted by Gasteiger charge is 2.23. The summed E-state index contributed by atoms with van der Waals surface area (Å²) in [4.78, 5) is 14.2. The molecule has 0 saturated carbocycles. The summed E-state index contributed by atoms with van der Waals surface area (Å²) in [5.74, 6) is 1.79. The molecular weight excluding hydrogens is 468 g/mol. The first-order chi connectivity index (χ1) is 16.8. The standard InChI is InChI=1S/C26H26N2O6S/c1-28(17-22-18-33-24-5-3-4-6-25(24)34-22)26(29)16-9-19-7-14-23(15-8-19)35(30,31)27-20-10-12-21(32-2)13-11-20/h3-16,22,27H,17-18H2,1-2H3/b16-9+. The Hall–Kier alpha value is -3.98. The van der Waals surface area contributed by atoms with E-state index >= 15 is 0 Å². The molecule has 8 nitrogen and oxygen atoms in total. The summed E-state index contributed by atoms with van der Waals surface area (Å²) in [5, 5.41) is 0. The molecule has 35 heavy (non-hydrogen) atoms. The second-order valence-electron chi connectivity index (χ2n) is 7.95. The number of fused-ring (bicyclic) bond motifs is 1. The molecule has 0 aromatic heterocycles. The molecule has 1 N–H and O–H groups in total. The minimum atomic E-state index is -3.75. The quantitative estimate of drug-likeness (QED) is 0.479. The van der Waals surface area contributed by atoms with Crippen LogP contribution in [0.3, 0.4) is 0 Å². The van der Waals surface area contributed by atoms with Gasteiger partial charge < -0.3 is 19.1 Å². The summed E-state index contributed by atoms with van der Waals surface area (Å²) >= 11 is 0. The van der Waals surface area contributed by atoms with Gasteiger partial charge >= 0.3 is 0 Å². The minimum Gasteiger partial charge on any atom is -0.497 e. The van der Waals surface area contributed by atoms with Crippen LogP contribution in [-0.4, -0.2) is 52.6 Å². The van der Waals surface area contributed by atoms with E-state index in [1.807, 2.05) is 24.3 Å². The van der Waals surface area contributed by atoms with Crippen LogP contribution < -0.4 is 18.9 Å². The second kappa shape index (κ2) is 10.5. The van der Waals surface area contributed by atoms with Gasteiger partial charge in [-0.25, -0.2) is 8.42 Å². The molecule has 0 saturated heterocycles. The summed E-state index contributed by atoms with van der Waals surface area (Å²) in [6, 6.07) is 20.3. The number of rotatable bonds is 8. The number of nitrogens with one attached hydrogen (secondary N) is 1. The lowest BCUT2D eigenvalue weighted by Gasteiger charge is -2.29. The third kappa shape index (κ3) is 6.13. The number of anilines is 1. The van der Waals surface area contributed by atoms with E-state index in [9.17, 15) is 13.2 Å². The highest BCUT2D eigenvalue weighted by molar-refractivity contribution is 7.92. The van der Waals surface area contributed by atoms with E-state index in [0.717, 1.165) is 0 Å². The van der Waals surface area contributed by atoms with Crippen LogP contribution in [-0.2, 0) is 14.8 Å². The van der Waals surface area contributed by atoms with Gasteiger partial charge in [0.15, 0.2) is 17.6 Å². The Kier molecular flexibility index (Phi) is 7.26. The predicted octanol–water partition coefficient (Wildman–Crippen LogP) is 3.81. The van der Waals surface area contributed by atoms with Gasteiger partial charge in [-0.15, -0.1) is 0 Å². The molecule has 1 amide bonds. The normalized spacial score (nSPS) is 15.0. The molecule has 1 aliphatic heterocycles. The Labute approximate surface area is 204 Å². The number of hydrogen-bond donors (Lipinski definition) is 1. The van der Waals surface area contributed by atoms with Crippen molar-refractivity contribution in [2.75, 3.05) is 32.0 Å². The van der Waals surface area contributed by atoms with Gasteiger partial charge in [0.1, 0.15) is 12.4 Å². The first-order valence-corrected chi connectivity index (χ1v) is 12.4. The molecule has 0 spiro atoms. The Balaban J connectivity index is 1.33. The van der Waals surface area contributed by atoms with Gasteiger partial charge in [-0.2, -0.15) is 0 Å². The zero-order chi connectivity index (χ0) is 24.8. The van der Waals surface area contributed by atoms with Gasteiger partial charge in [-0.3, -0.25) is 9.52 Å². The number of carbonyl (C=O) groups excluding carboxylic acids is 1. The van der Waals surface area contributed by atoms with Crippen molar-refractivity contribution in [3.63, 3.8) is 0 Å². The highest BCUT2D eigenvalue weighted by Crippen LogP contribution is 2.31. The van der Waals surface area contributed by atoms with Gasteiger partial charge in [-0.1, -0.05) is 24.3 Å². The first kappa shape index (κ1) is 24.2. The molecule has 3 aromatic carbocycles. The smallest absolute Gasteiger partial charge is 0.261 e. The van der Waals surface area contributed by atoms with Crippen LogP contribution in [0.25, 0.3) is 6.08 Å². The topological polar surface area (TPSA) is 94.2 Å². The number of nitrogens with zero attached hydrogens (tertiary/aromatic N) is 1. The number of sulfonamides is 1. The van der Waals surface area contributed by atoms with Crippen molar-refractivity contribution in [2.45, 2.75) is 11.0 Å². The maximum Gasteiger partial charge on any atom is 0.261 e. The molecule has 4 rings (SSSR count). The lowest BCUT2D eigenvalue weighted by Crippen LogP contribution is -2.41. The molecular formula is C26H26N2O6S. The molecule has 0 fully saturated rings. The number of amides is 1. The van der Waals surface area contributed by atoms with E-state index in [0.29, 0.717) is 41.7 Å². The maximum absolute atomic E-state index is 12.6. The second-order valence-corrected chi connectivity index (χ2v) is 9.64. The van der Waals surface area contributed by atoms with Crippen molar-refractivity contribution in [1.29, 1.82) is 0 Å². The van der Waals surface area contributed by atoms with E-state index in [1.54, 1.807) is 61.5 Å². The summed E-state index contributed by atoms with van der Waals surface area (Å²) in [6.07, 6.45) is 2.81. The Bertz CT molecular complexity index is 1300. The number of likely N-dealkylation sites (N-methyl/N-ethyl adjacent to an activating group) is 1. The Morgan fingerprint density at radius 1 is 1.06 bits per heavy atom. The predicted molar refractivity (Wildman–Crippen MR) is 133 cm³/mol. The van der Waals surface area contributed by atoms with Crippen molar-refractivity contribution >= 4 is 27.7 Å². The fourth-order valence-corrected chi connectivity index (χ4v) is 4.53. The van der Waals surface area contributed by atoms with Crippen LogP contribution >= 0.6 is 0 Å². The van der Waals surface area contributed by atoms with E-state index in [1.165, 1.54) is 18.2 Å². The zero-order valence-electron chi connectivity index (χ0n) is 19.4. The number of carbonyl (C=O) groups is 1. The van der Waals surface area contributed by atoms with Crippen molar-refractivity contribution < 1.29 is 27.4 Å². The van der Waals surface area contributed by atoms with Crippen molar-refractivity contribution in [2.24, 2.45) is 0 Å². The molecule has 0 radical (unpaired) electrons. The monoisotopic (exact) mass is 494 g/mol. The molecule has 9 heteroatoms. The van der Waals surface area contributed by atoms with Crippen LogP contribution in [0.15, 0.2) is 83.8 Å². The van der Waals surface area contributed by atoms with Crippen molar-refractivity contribution in [3.8, 4) is 17.2 Å². The van der Waals surface area contributed by atoms with Crippen LogP contribution in [0.5, 0.6) is 17.2 Å². The van der Waals surface area contributed by atoms with Gasteiger partial charge in [-0.05, 0) is 60.2 Å². The third-order valence-corrected chi connectivity index (χ3v) is 6.77. The largest absolute Gasteiger partial charge is 0.497 e. The summed E-state index contributed by atoms with van der Waals surface area (Å²) in [6.45, 7) is 0.727. The summed E-state index contributed by atoms with van der Waals surface area (Å²) in [5.41, 5.74) is 1.13. The molecule has 1 unspecified atom stereocenters. The Morgan fingerprint density at radius 2 is 1.74 bits per heavy atom. The van der Waals surface area contributed by atoms with Crippen molar-refractivity contribution in [1.82, 2.24) is 4.90 Å². The number of para-hydroxylation sites is 2. The van der Waals surface area contributed by atoms with E-state index in [2.05, 4.69) is 4.72 Å². The average Bonchev–Trinajstić information content (AvgIpc) is 2.87. The average molecular weight is 495 g/mol. The lowest BCUT2D eigenvalue weighted by molar-refractivity contribution is -0.126. The number of hydrogen-bond acceptors (Lipinski definition) is 6. The van der Waals surface area contributed by atoms with Gasteiger partial charge in [0, 0.05) is 18.8 Å². The summed E-state index contributed by atoms with van der Waals surface area (Å²) < 4.78 is 44.5. The SMILES string of the molecule is COc1ccc(NS(=O)(=O)c2ccc(/C=C/C(=O)N(C)CC3COc4ccccc4O3)cc2)cc1. The third-order valence-electron chi connectivity index (χ3n) is 5.37. The molecule has 1 aliphatic rings. The zero-order valence-corrected chi connectivity index (χ0v) is 20.2. The van der Waals surface area contributed by atoms with E-state index < -0.39 is 10.0 Å². The lowest BCUT2D eigenvalue weighted by atomic mass is 10.2. The fraction of sp³-hybridized carbons (Fsp3) is 0.192. The van der Waals surface area contributed by atoms with Crippen LogP contribution in [0, 0.1) is 0 Å². The highest BCUT2D eigenvalue weighted by atomic mass is 32.2. The molecule has 182 valence electrons. The fourth-order valence-electron chi connectivity index (χ4n) is 3.47. The molecule has 1 heterocycles. The van der Waals surface area contributed by atoms with E-state index in [4.69, 9.17) is 14.2 Å². The van der Waals surface area contributed by atoms with Crippen LogP contribution in [0.2, 0.25) is 0 Å². The number of ether oxygens (including phenoxy) is 3. The van der Waals surface area contributed by atoms with E-state index in [-0.39, 0.29) is 16.9 Å². The van der Waals surface area contributed by atoms with Gasteiger partial charge in [0.2, 0.25) is 5.91 Å². The maximum atomic E-state index is 12.6. The number of benzene rings is 3. The van der Waals surface area contributed by atoms with Gasteiger partial charge in [0.05, 0.1) is 18.6 Å². The summed E-state index contributed by atoms with van der Waals surface area (Å²) in [7, 11) is -0.515. The Morgan fingerprint density at radius 3 is 2.43 bits per heavy atom. The molecule has 0 bridgehead atoms. The molecule has 0 aliphatic carbocycles. The van der Waals surface area contributed by atoms with Crippen LogP contribution in [0.1, 0.15) is 5.56 Å². The van der Waals surface area contributed by atoms with Crippen LogP contribution in [0.4, 0.5) is 5.69 Å². The first-order valence-electron chi connectivity index (χ1n) is 10.9. The minimum absolute atomic E-state index is 0.114. The molecule has 3 aromatic rings. The van der Waals surface area contributed by atoms with Gasteiger partial charge in [0.25, 0.3) is 10.0 Å². The number of methoxy groups -OCH3 is 1. The van der Waals surface area contributed by atoms with Crippen molar-refractivity contribution in [3.05, 3.63) is 84.4 Å².